The summed E-state index contributed by atoms with van der Waals surface area (Å²) in [4.78, 5) is 1.43. The first kappa shape index (κ1) is 16.1. The number of rotatable bonds is 2. The third-order valence-electron chi connectivity index (χ3n) is 6.18. The highest BCUT2D eigenvalue weighted by Crippen LogP contribution is 2.43. The molecule has 1 aliphatic carbocycles. The molecule has 1 heteroatoms. The highest BCUT2D eigenvalue weighted by molar-refractivity contribution is 7.19. The zero-order valence-electron chi connectivity index (χ0n) is 15.5. The fraction of sp³-hybridized carbons (Fsp3) is 0.280. The first-order valence-electron chi connectivity index (χ1n) is 9.74. The van der Waals surface area contributed by atoms with Gasteiger partial charge in [0.25, 0.3) is 0 Å². The van der Waals surface area contributed by atoms with Gasteiger partial charge >= 0.3 is 0 Å². The maximum absolute atomic E-state index is 2.48. The Morgan fingerprint density at radius 2 is 1.69 bits per heavy atom. The molecule has 1 fully saturated rings. The minimum Gasteiger partial charge on any atom is -0.140 e. The lowest BCUT2D eigenvalue weighted by Crippen LogP contribution is -1.93. The number of hydrogen-bond acceptors (Lipinski definition) is 1. The van der Waals surface area contributed by atoms with Crippen molar-refractivity contribution in [3.05, 3.63) is 70.6 Å². The van der Waals surface area contributed by atoms with E-state index in [4.69, 9.17) is 0 Å². The Labute approximate surface area is 159 Å². The molecule has 0 bridgehead atoms. The molecule has 0 amide bonds. The Balaban J connectivity index is 1.83. The van der Waals surface area contributed by atoms with E-state index in [1.165, 1.54) is 73.7 Å². The highest BCUT2D eigenvalue weighted by Gasteiger charge is 2.19. The summed E-state index contributed by atoms with van der Waals surface area (Å²) in [5.74, 6) is 0.755. The summed E-state index contributed by atoms with van der Waals surface area (Å²) in [5, 5.41) is 4.18. The van der Waals surface area contributed by atoms with Crippen LogP contribution in [-0.2, 0) is 0 Å². The van der Waals surface area contributed by atoms with E-state index in [1.807, 2.05) is 11.3 Å². The number of thiophene rings is 1. The van der Waals surface area contributed by atoms with Crippen molar-refractivity contribution in [3.8, 4) is 11.1 Å². The molecule has 1 aromatic heterocycles. The maximum Gasteiger partial charge on any atom is 0.0360 e. The fourth-order valence-electron chi connectivity index (χ4n) is 4.70. The third kappa shape index (κ3) is 2.49. The standard InChI is InChI=1S/C25H24S/c1-16-17(2)26-23-15-20-10-5-6-13-22(20)25(24(16)23)21-12-7-11-19(14-21)18-8-3-4-9-18/h5-7,10-15,18H,3-4,8-9H2,1-2H3. The van der Waals surface area contributed by atoms with Crippen LogP contribution >= 0.6 is 11.3 Å². The molecular weight excluding hydrogens is 332 g/mol. The number of benzene rings is 3. The Bertz CT molecular complexity index is 1110. The summed E-state index contributed by atoms with van der Waals surface area (Å²) in [7, 11) is 0. The fourth-order valence-corrected chi connectivity index (χ4v) is 5.83. The van der Waals surface area contributed by atoms with Crippen molar-refractivity contribution in [2.75, 3.05) is 0 Å². The van der Waals surface area contributed by atoms with Gasteiger partial charge in [0.05, 0.1) is 0 Å². The summed E-state index contributed by atoms with van der Waals surface area (Å²) >= 11 is 1.93. The van der Waals surface area contributed by atoms with E-state index in [0.29, 0.717) is 0 Å². The first-order valence-corrected chi connectivity index (χ1v) is 10.6. The van der Waals surface area contributed by atoms with Crippen LogP contribution in [0.4, 0.5) is 0 Å². The van der Waals surface area contributed by atoms with E-state index in [1.54, 1.807) is 0 Å². The van der Waals surface area contributed by atoms with Gasteiger partial charge in [0.1, 0.15) is 0 Å². The molecule has 0 aliphatic heterocycles. The van der Waals surface area contributed by atoms with E-state index >= 15 is 0 Å². The van der Waals surface area contributed by atoms with Crippen LogP contribution in [0.2, 0.25) is 0 Å². The SMILES string of the molecule is Cc1sc2cc3ccccc3c(-c3cccc(C4CCCC4)c3)c2c1C. The molecule has 0 nitrogen and oxygen atoms in total. The Hall–Kier alpha value is -2.12. The van der Waals surface area contributed by atoms with Crippen molar-refractivity contribution >= 4 is 32.2 Å². The molecule has 130 valence electrons. The number of aryl methyl sites for hydroxylation is 2. The lowest BCUT2D eigenvalue weighted by molar-refractivity contribution is 0.723. The summed E-state index contributed by atoms with van der Waals surface area (Å²) in [6.45, 7) is 4.54. The molecule has 0 unspecified atom stereocenters. The van der Waals surface area contributed by atoms with Gasteiger partial charge in [-0.05, 0) is 71.7 Å². The van der Waals surface area contributed by atoms with Gasteiger partial charge in [0, 0.05) is 15.0 Å². The highest BCUT2D eigenvalue weighted by atomic mass is 32.1. The van der Waals surface area contributed by atoms with Crippen molar-refractivity contribution in [2.24, 2.45) is 0 Å². The van der Waals surface area contributed by atoms with Crippen molar-refractivity contribution in [1.29, 1.82) is 0 Å². The van der Waals surface area contributed by atoms with Crippen molar-refractivity contribution in [2.45, 2.75) is 45.4 Å². The maximum atomic E-state index is 2.48. The average Bonchev–Trinajstić information content (AvgIpc) is 3.29. The van der Waals surface area contributed by atoms with E-state index in [2.05, 4.69) is 68.4 Å². The topological polar surface area (TPSA) is 0 Å². The first-order chi connectivity index (χ1) is 12.7. The largest absolute Gasteiger partial charge is 0.140 e. The monoisotopic (exact) mass is 356 g/mol. The Kier molecular flexibility index (Phi) is 3.86. The third-order valence-corrected chi connectivity index (χ3v) is 7.34. The quantitative estimate of drug-likeness (QED) is 0.341. The molecule has 0 atom stereocenters. The summed E-state index contributed by atoms with van der Waals surface area (Å²) in [6.07, 6.45) is 5.47. The minimum atomic E-state index is 0.755. The molecule has 26 heavy (non-hydrogen) atoms. The molecule has 1 saturated carbocycles. The lowest BCUT2D eigenvalue weighted by atomic mass is 9.89. The zero-order valence-corrected chi connectivity index (χ0v) is 16.3. The van der Waals surface area contributed by atoms with Crippen LogP contribution in [0, 0.1) is 13.8 Å². The minimum absolute atomic E-state index is 0.755. The van der Waals surface area contributed by atoms with Gasteiger partial charge in [-0.2, -0.15) is 0 Å². The van der Waals surface area contributed by atoms with E-state index < -0.39 is 0 Å². The predicted molar refractivity (Wildman–Crippen MR) is 115 cm³/mol. The molecule has 0 saturated heterocycles. The Morgan fingerprint density at radius 3 is 2.54 bits per heavy atom. The van der Waals surface area contributed by atoms with Gasteiger partial charge in [0.2, 0.25) is 0 Å². The molecule has 5 rings (SSSR count). The predicted octanol–water partition coefficient (Wildman–Crippen LogP) is 8.00. The van der Waals surface area contributed by atoms with Crippen LogP contribution in [0.1, 0.15) is 47.6 Å². The van der Waals surface area contributed by atoms with E-state index in [0.717, 1.165) is 5.92 Å². The van der Waals surface area contributed by atoms with Crippen LogP contribution in [-0.4, -0.2) is 0 Å². The molecule has 4 aromatic rings. The van der Waals surface area contributed by atoms with Crippen molar-refractivity contribution < 1.29 is 0 Å². The molecule has 1 heterocycles. The second-order valence-electron chi connectivity index (χ2n) is 7.74. The molecule has 0 radical (unpaired) electrons. The summed E-state index contributed by atoms with van der Waals surface area (Å²) in [5.41, 5.74) is 5.79. The van der Waals surface area contributed by atoms with Crippen LogP contribution < -0.4 is 0 Å². The molecular formula is C25H24S. The van der Waals surface area contributed by atoms with Gasteiger partial charge in [-0.1, -0.05) is 61.4 Å². The molecule has 0 N–H and O–H groups in total. The van der Waals surface area contributed by atoms with Crippen molar-refractivity contribution in [1.82, 2.24) is 0 Å². The number of fused-ring (bicyclic) bond motifs is 2. The summed E-state index contributed by atoms with van der Waals surface area (Å²) < 4.78 is 1.42. The van der Waals surface area contributed by atoms with Gasteiger partial charge < -0.3 is 0 Å². The van der Waals surface area contributed by atoms with Crippen LogP contribution in [0.15, 0.2) is 54.6 Å². The average molecular weight is 357 g/mol. The van der Waals surface area contributed by atoms with Gasteiger partial charge in [0.15, 0.2) is 0 Å². The molecule has 0 spiro atoms. The lowest BCUT2D eigenvalue weighted by Gasteiger charge is -2.14. The van der Waals surface area contributed by atoms with Crippen LogP contribution in [0.25, 0.3) is 32.0 Å². The van der Waals surface area contributed by atoms with Crippen LogP contribution in [0.5, 0.6) is 0 Å². The van der Waals surface area contributed by atoms with Gasteiger partial charge in [-0.25, -0.2) is 0 Å². The molecule has 1 aliphatic rings. The second-order valence-corrected chi connectivity index (χ2v) is 8.99. The van der Waals surface area contributed by atoms with E-state index in [-0.39, 0.29) is 0 Å². The summed E-state index contributed by atoms with van der Waals surface area (Å²) in [6, 6.07) is 20.6. The number of hydrogen-bond donors (Lipinski definition) is 0. The smallest absolute Gasteiger partial charge is 0.0360 e. The van der Waals surface area contributed by atoms with Crippen molar-refractivity contribution in [3.63, 3.8) is 0 Å². The Morgan fingerprint density at radius 1 is 0.885 bits per heavy atom. The zero-order chi connectivity index (χ0) is 17.7. The van der Waals surface area contributed by atoms with Gasteiger partial charge in [-0.15, -0.1) is 11.3 Å². The second kappa shape index (κ2) is 6.25. The van der Waals surface area contributed by atoms with E-state index in [9.17, 15) is 0 Å². The van der Waals surface area contributed by atoms with Crippen LogP contribution in [0.3, 0.4) is 0 Å². The normalized spacial score (nSPS) is 15.3. The molecule has 3 aromatic carbocycles. The van der Waals surface area contributed by atoms with Gasteiger partial charge in [-0.3, -0.25) is 0 Å².